The van der Waals surface area contributed by atoms with Gasteiger partial charge in [-0.25, -0.2) is 4.98 Å². The topological polar surface area (TPSA) is 64.0 Å². The number of aromatic nitrogens is 2. The minimum absolute atomic E-state index is 0.355. The zero-order chi connectivity index (χ0) is 24.0. The molecule has 34 heavy (non-hydrogen) atoms. The zero-order valence-corrected chi connectivity index (χ0v) is 21.0. The van der Waals surface area contributed by atoms with Crippen LogP contribution in [0, 0.1) is 0 Å². The molecule has 0 radical (unpaired) electrons. The van der Waals surface area contributed by atoms with E-state index in [1.54, 1.807) is 24.3 Å². The van der Waals surface area contributed by atoms with Crippen molar-refractivity contribution < 1.29 is 9.59 Å². The van der Waals surface area contributed by atoms with Crippen LogP contribution in [-0.2, 0) is 11.3 Å². The molecule has 2 amide bonds. The fraction of sp³-hybridized carbons (Fsp3) is 0.0417. The van der Waals surface area contributed by atoms with Crippen molar-refractivity contribution in [1.82, 2.24) is 14.9 Å². The smallest absolute Gasteiger partial charge is 0.290 e. The van der Waals surface area contributed by atoms with Gasteiger partial charge < -0.3 is 4.57 Å². The molecule has 5 rings (SSSR count). The first-order chi connectivity index (χ1) is 16.3. The van der Waals surface area contributed by atoms with Crippen molar-refractivity contribution >= 4 is 86.4 Å². The highest BCUT2D eigenvalue weighted by atomic mass is 35.5. The zero-order valence-electron chi connectivity index (χ0n) is 17.1. The molecule has 3 aromatic carbocycles. The second-order valence-corrected chi connectivity index (χ2v) is 10.1. The number of imidazole rings is 1. The Bertz CT molecular complexity index is 1510. The number of thioether (sulfide) groups is 1. The van der Waals surface area contributed by atoms with E-state index in [-0.39, 0.29) is 5.24 Å². The van der Waals surface area contributed by atoms with E-state index >= 15 is 0 Å². The minimum atomic E-state index is -0.392. The number of nitrogens with zero attached hydrogens (tertiary/aromatic N) is 2. The number of carbonyl (C=O) groups is 2. The van der Waals surface area contributed by atoms with E-state index in [4.69, 9.17) is 51.4 Å². The molecule has 0 bridgehead atoms. The fourth-order valence-corrected chi connectivity index (χ4v) is 4.94. The molecule has 170 valence electrons. The molecule has 1 aliphatic rings. The van der Waals surface area contributed by atoms with E-state index < -0.39 is 5.91 Å². The predicted octanol–water partition coefficient (Wildman–Crippen LogP) is 7.69. The Kier molecular flexibility index (Phi) is 6.35. The lowest BCUT2D eigenvalue weighted by molar-refractivity contribution is -0.115. The molecule has 4 aromatic rings. The maximum Gasteiger partial charge on any atom is 0.290 e. The lowest BCUT2D eigenvalue weighted by Gasteiger charge is -2.11. The lowest BCUT2D eigenvalue weighted by atomic mass is 10.1. The van der Waals surface area contributed by atoms with Crippen LogP contribution in [0.4, 0.5) is 4.79 Å². The Morgan fingerprint density at radius 3 is 2.26 bits per heavy atom. The number of amides is 2. The van der Waals surface area contributed by atoms with Crippen LogP contribution in [-0.4, -0.2) is 20.7 Å². The van der Waals surface area contributed by atoms with Crippen molar-refractivity contribution in [3.63, 3.8) is 0 Å². The number of rotatable bonds is 4. The third-order valence-corrected chi connectivity index (χ3v) is 7.50. The van der Waals surface area contributed by atoms with Crippen molar-refractivity contribution in [1.29, 1.82) is 0 Å². The molecule has 0 aliphatic carbocycles. The van der Waals surface area contributed by atoms with Gasteiger partial charge in [0.05, 0.1) is 36.0 Å². The van der Waals surface area contributed by atoms with Gasteiger partial charge in [0.15, 0.2) is 0 Å². The van der Waals surface area contributed by atoms with E-state index in [0.29, 0.717) is 42.9 Å². The molecular weight excluding hydrogens is 536 g/mol. The van der Waals surface area contributed by atoms with E-state index in [2.05, 4.69) is 5.32 Å². The molecular formula is C24H13Cl4N3O2S. The number of halogens is 4. The van der Waals surface area contributed by atoms with Crippen molar-refractivity contribution in [2.75, 3.05) is 0 Å². The number of nitrogens with one attached hydrogen (secondary N) is 1. The first-order valence-corrected chi connectivity index (χ1v) is 12.3. The largest absolute Gasteiger partial charge is 0.319 e. The summed E-state index contributed by atoms with van der Waals surface area (Å²) in [6.07, 6.45) is 1.67. The van der Waals surface area contributed by atoms with Crippen molar-refractivity contribution in [2.24, 2.45) is 0 Å². The number of carbonyl (C=O) groups excluding carboxylic acids is 2. The highest BCUT2D eigenvalue weighted by Gasteiger charge is 2.25. The molecule has 0 saturated carbocycles. The average molecular weight is 549 g/mol. The highest BCUT2D eigenvalue weighted by molar-refractivity contribution is 8.18. The standard InChI is InChI=1S/C24H13Cl4N3O2S/c25-15-6-3-13(7-16(15)26)11-31-20-10-18(28)17(27)9-19(20)29-22(31)14-4-1-12(2-5-14)8-21-23(32)30-24(33)34-21/h1-10H,11H2,(H,30,32,33). The monoisotopic (exact) mass is 547 g/mol. The van der Waals surface area contributed by atoms with Crippen LogP contribution in [0.5, 0.6) is 0 Å². The summed E-state index contributed by atoms with van der Waals surface area (Å²) >= 11 is 25.7. The lowest BCUT2D eigenvalue weighted by Crippen LogP contribution is -2.17. The predicted molar refractivity (Wildman–Crippen MR) is 140 cm³/mol. The van der Waals surface area contributed by atoms with Crippen molar-refractivity contribution in [3.05, 3.63) is 90.7 Å². The van der Waals surface area contributed by atoms with Crippen LogP contribution in [0.1, 0.15) is 11.1 Å². The quantitative estimate of drug-likeness (QED) is 0.265. The van der Waals surface area contributed by atoms with Crippen molar-refractivity contribution in [3.8, 4) is 11.4 Å². The van der Waals surface area contributed by atoms with Crippen LogP contribution < -0.4 is 5.32 Å². The number of hydrogen-bond acceptors (Lipinski definition) is 4. The van der Waals surface area contributed by atoms with Gasteiger partial charge in [0.25, 0.3) is 11.1 Å². The Labute approximate surface area is 218 Å². The van der Waals surface area contributed by atoms with Crippen LogP contribution in [0.25, 0.3) is 28.5 Å². The molecule has 10 heteroatoms. The summed E-state index contributed by atoms with van der Waals surface area (Å²) in [5, 5.41) is 3.68. The van der Waals surface area contributed by atoms with Crippen molar-refractivity contribution in [2.45, 2.75) is 6.54 Å². The summed E-state index contributed by atoms with van der Waals surface area (Å²) in [5.74, 6) is 0.318. The summed E-state index contributed by atoms with van der Waals surface area (Å²) < 4.78 is 2.03. The summed E-state index contributed by atoms with van der Waals surface area (Å²) in [6, 6.07) is 16.5. The SMILES string of the molecule is O=C1NC(=O)C(=Cc2ccc(-c3nc4cc(Cl)c(Cl)cc4n3Cc3ccc(Cl)c(Cl)c3)cc2)S1. The fourth-order valence-electron chi connectivity index (χ4n) is 3.62. The maximum absolute atomic E-state index is 11.8. The minimum Gasteiger partial charge on any atom is -0.319 e. The van der Waals surface area contributed by atoms with Crippen LogP contribution >= 0.6 is 58.2 Å². The molecule has 0 atom stereocenters. The van der Waals surface area contributed by atoms with E-state index in [1.807, 2.05) is 41.0 Å². The van der Waals surface area contributed by atoms with E-state index in [1.165, 1.54) is 0 Å². The van der Waals surface area contributed by atoms with E-state index in [0.717, 1.165) is 34.0 Å². The van der Waals surface area contributed by atoms with Gasteiger partial charge in [-0.15, -0.1) is 0 Å². The summed E-state index contributed by atoms with van der Waals surface area (Å²) in [4.78, 5) is 28.4. The molecule has 5 nitrogen and oxygen atoms in total. The van der Waals surface area contributed by atoms with Gasteiger partial charge in [0.1, 0.15) is 5.82 Å². The number of fused-ring (bicyclic) bond motifs is 1. The van der Waals surface area contributed by atoms with Crippen LogP contribution in [0.2, 0.25) is 20.1 Å². The Balaban J connectivity index is 1.57. The summed E-state index contributed by atoms with van der Waals surface area (Å²) in [7, 11) is 0. The molecule has 1 aliphatic heterocycles. The molecule has 2 heterocycles. The normalized spacial score (nSPS) is 14.9. The van der Waals surface area contributed by atoms with Gasteiger partial charge in [-0.3, -0.25) is 14.9 Å². The van der Waals surface area contributed by atoms with Gasteiger partial charge in [0.2, 0.25) is 0 Å². The first kappa shape index (κ1) is 23.3. The molecule has 1 fully saturated rings. The Morgan fingerprint density at radius 1 is 0.882 bits per heavy atom. The van der Waals surface area contributed by atoms with Crippen LogP contribution in [0.3, 0.4) is 0 Å². The number of benzene rings is 3. The van der Waals surface area contributed by atoms with Gasteiger partial charge in [0, 0.05) is 12.1 Å². The molecule has 1 N–H and O–H groups in total. The van der Waals surface area contributed by atoms with E-state index in [9.17, 15) is 9.59 Å². The molecule has 0 spiro atoms. The second kappa shape index (κ2) is 9.29. The Morgan fingerprint density at radius 2 is 1.59 bits per heavy atom. The number of hydrogen-bond donors (Lipinski definition) is 1. The molecule has 1 aromatic heterocycles. The average Bonchev–Trinajstić information content (AvgIpc) is 3.30. The van der Waals surface area contributed by atoms with Gasteiger partial charge in [-0.05, 0) is 53.2 Å². The summed E-state index contributed by atoms with van der Waals surface area (Å²) in [5.41, 5.74) is 4.10. The van der Waals surface area contributed by atoms with Gasteiger partial charge in [-0.1, -0.05) is 76.7 Å². The second-order valence-electron chi connectivity index (χ2n) is 7.50. The van der Waals surface area contributed by atoms with Crippen LogP contribution in [0.15, 0.2) is 59.5 Å². The third kappa shape index (κ3) is 4.57. The molecule has 1 saturated heterocycles. The highest BCUT2D eigenvalue weighted by Crippen LogP contribution is 2.33. The summed E-state index contributed by atoms with van der Waals surface area (Å²) in [6.45, 7) is 0.478. The number of imide groups is 1. The third-order valence-electron chi connectivity index (χ3n) is 5.22. The van der Waals surface area contributed by atoms with Gasteiger partial charge >= 0.3 is 0 Å². The maximum atomic E-state index is 11.8. The molecule has 0 unspecified atom stereocenters. The Hall–Kier alpha value is -2.48. The first-order valence-electron chi connectivity index (χ1n) is 9.93. The van der Waals surface area contributed by atoms with Gasteiger partial charge in [-0.2, -0.15) is 0 Å².